The van der Waals surface area contributed by atoms with Crippen LogP contribution in [0.3, 0.4) is 0 Å². The number of imidazole rings is 2. The molecule has 49 heteroatoms. The number of hydrogen-bond acceptors (Lipinski definition) is 25. The Balaban J connectivity index is 0.000000158. The number of aromatic nitrogens is 9. The number of alkyl halides is 15. The molecule has 12 heterocycles. The topological polar surface area (TPSA) is 383 Å². The quantitative estimate of drug-likeness (QED) is 0.0971. The van der Waals surface area contributed by atoms with Gasteiger partial charge in [-0.2, -0.15) is 91.4 Å². The van der Waals surface area contributed by atoms with E-state index in [-0.39, 0.29) is 48.6 Å². The van der Waals surface area contributed by atoms with Crippen LogP contribution < -0.4 is 34.7 Å². The number of aryl methyl sites for hydroxylation is 2. The summed E-state index contributed by atoms with van der Waals surface area (Å²) in [6.45, 7) is 0.765. The second-order valence-corrected chi connectivity index (χ2v) is 23.9. The van der Waals surface area contributed by atoms with Crippen molar-refractivity contribution in [1.29, 1.82) is 0 Å². The summed E-state index contributed by atoms with van der Waals surface area (Å²) in [7, 11) is 3.89. The van der Waals surface area contributed by atoms with E-state index < -0.39 is 113 Å². The van der Waals surface area contributed by atoms with Gasteiger partial charge in [0.2, 0.25) is 41.9 Å². The Bertz CT molecular complexity index is 5090. The molecule has 0 amide bonds. The van der Waals surface area contributed by atoms with Crippen LogP contribution >= 0.6 is 0 Å². The number of azo groups is 5. The monoisotopic (exact) mass is 1860 g/mol. The Hall–Kier alpha value is -13.0. The van der Waals surface area contributed by atoms with Crippen molar-refractivity contribution in [3.63, 3.8) is 0 Å². The van der Waals surface area contributed by atoms with E-state index in [4.69, 9.17) is 0 Å². The maximum absolute atomic E-state index is 13.7. The van der Waals surface area contributed by atoms with E-state index in [0.717, 1.165) is 34.2 Å². The largest absolute Gasteiger partial charge is 3.00 e. The second-order valence-electron chi connectivity index (χ2n) is 23.9. The molecule has 29 nitrogen and oxygen atoms in total. The average Bonchev–Trinajstić information content (AvgIpc) is 1.68. The van der Waals surface area contributed by atoms with E-state index in [1.54, 1.807) is 60.7 Å². The van der Waals surface area contributed by atoms with Crippen molar-refractivity contribution in [2.45, 2.75) is 73.2 Å². The number of nitrogens with zero attached hydrogens (tertiary/aromatic N) is 24. The predicted molar refractivity (Wildman–Crippen MR) is 359 cm³/mol. The van der Waals surface area contributed by atoms with Crippen LogP contribution in [0.15, 0.2) is 296 Å². The Kier molecular flexibility index (Phi) is 27.4. The summed E-state index contributed by atoms with van der Waals surface area (Å²) in [6, 6.07) is 45.7. The average molecular weight is 1860 g/mol. The van der Waals surface area contributed by atoms with Gasteiger partial charge in [0.25, 0.3) is 0 Å². The fraction of sp³-hybridized carbons (Fsp3) is 0.200. The van der Waals surface area contributed by atoms with Crippen LogP contribution in [-0.4, -0.2) is 123 Å². The minimum Gasteiger partial charge on any atom is -0.806 e. The fourth-order valence-corrected chi connectivity index (χ4v) is 9.73. The number of amidine groups is 5. The van der Waals surface area contributed by atoms with Crippen LogP contribution in [0.1, 0.15) is 39.6 Å². The fourth-order valence-electron chi connectivity index (χ4n) is 9.73. The number of para-hydroxylation sites is 4. The number of rotatable bonds is 9. The van der Waals surface area contributed by atoms with Crippen LogP contribution in [0.4, 0.5) is 83.4 Å². The molecule has 5 atom stereocenters. The zero-order chi connectivity index (χ0) is 85.9. The Labute approximate surface area is 666 Å². The first-order valence-electron chi connectivity index (χ1n) is 32.7. The molecular weight excluding hydrogens is 1810 g/mol. The Morgan fingerprint density at radius 2 is 0.529 bits per heavy atom. The molecule has 0 bridgehead atoms. The number of aliphatic imine (C=N–C) groups is 5. The first-order chi connectivity index (χ1) is 55.4. The van der Waals surface area contributed by atoms with Gasteiger partial charge >= 0.3 is 51.0 Å². The van der Waals surface area contributed by atoms with E-state index in [9.17, 15) is 109 Å². The third-order valence-corrected chi connectivity index (χ3v) is 15.5. The van der Waals surface area contributed by atoms with Gasteiger partial charge in [-0.05, 0) is 109 Å². The van der Waals surface area contributed by atoms with Crippen molar-refractivity contribution in [2.75, 3.05) is 0 Å². The summed E-state index contributed by atoms with van der Waals surface area (Å²) in [6.07, 6.45) is -14.9. The molecule has 0 saturated heterocycles. The van der Waals surface area contributed by atoms with Gasteiger partial charge in [-0.15, -0.1) is 25.6 Å². The van der Waals surface area contributed by atoms with Crippen LogP contribution in [0, 0.1) is 23.3 Å². The first-order valence-corrected chi connectivity index (χ1v) is 32.7. The van der Waals surface area contributed by atoms with Gasteiger partial charge in [-0.1, -0.05) is 54.6 Å². The summed E-state index contributed by atoms with van der Waals surface area (Å²) in [5.41, 5.74) is 5.53. The van der Waals surface area contributed by atoms with Crippen LogP contribution in [0.2, 0.25) is 0 Å². The molecule has 0 radical (unpaired) electrons. The Morgan fingerprint density at radius 1 is 0.311 bits per heavy atom. The molecule has 0 fully saturated rings. The van der Waals surface area contributed by atoms with Gasteiger partial charge in [0.1, 0.15) is 64.8 Å². The van der Waals surface area contributed by atoms with Crippen molar-refractivity contribution in [2.24, 2.45) is 90.2 Å². The van der Waals surface area contributed by atoms with Gasteiger partial charge < -0.3 is 25.5 Å². The normalized spacial score (nSPS) is 20.1. The third kappa shape index (κ3) is 21.6. The van der Waals surface area contributed by atoms with E-state index in [2.05, 4.69) is 101 Å². The SMILES string of the molecule is C[n+]1cn(Cc2ccc(F)cc2F)c2ccccc21.C[n+]1cn(Cc2ccc(F)cc2F)c2ccccc21.[Ir+3].[O-]C1(C(F)(F)F)N=NC(c2ccccn2)=N1.[O-]C1(C(F)(F)F)N=NC(c2ccccn2)=N1.[O-]C1(C(F)(F)F)N=NC(c2ccccn2)=N1.[O-]C1(C(F)(F)F)N=NC(c2ccccn2)=N1.[O-]C1(C(F)(F)F)N=NC(c2ccccn2)=N1. The summed E-state index contributed by atoms with van der Waals surface area (Å²) in [5, 5.41) is 84.0. The minimum absolute atomic E-state index is 0. The van der Waals surface area contributed by atoms with Crippen LogP contribution in [0.25, 0.3) is 22.1 Å². The van der Waals surface area contributed by atoms with E-state index in [1.165, 1.54) is 85.6 Å². The smallest absolute Gasteiger partial charge is 0.806 e. The maximum atomic E-state index is 13.7. The number of benzene rings is 4. The van der Waals surface area contributed by atoms with Crippen molar-refractivity contribution in [3.8, 4) is 0 Å². The maximum Gasteiger partial charge on any atom is 3.00 e. The third-order valence-electron chi connectivity index (χ3n) is 15.5. The summed E-state index contributed by atoms with van der Waals surface area (Å²) < 4.78 is 245. The summed E-state index contributed by atoms with van der Waals surface area (Å²) >= 11 is 0. The molecule has 5 unspecified atom stereocenters. The van der Waals surface area contributed by atoms with Crippen molar-refractivity contribution in [1.82, 2.24) is 34.1 Å². The molecule has 0 saturated carbocycles. The van der Waals surface area contributed by atoms with Crippen LogP contribution in [-0.2, 0) is 47.3 Å². The van der Waals surface area contributed by atoms with Crippen molar-refractivity contribution < 1.29 is 138 Å². The Morgan fingerprint density at radius 3 is 0.723 bits per heavy atom. The zero-order valence-corrected chi connectivity index (χ0v) is 61.9. The van der Waals surface area contributed by atoms with E-state index >= 15 is 0 Å². The van der Waals surface area contributed by atoms with E-state index in [0.29, 0.717) is 24.2 Å². The summed E-state index contributed by atoms with van der Waals surface area (Å²) in [5.74, 6) is -22.9. The molecule has 0 spiro atoms. The molecule has 0 aliphatic carbocycles. The molecular formula is C70H46F19IrN24O5. The van der Waals surface area contributed by atoms with Gasteiger partial charge in [0, 0.05) is 54.2 Å². The first kappa shape index (κ1) is 90.0. The standard InChI is InChI=1S/2C15H13F2N2.5C8H4F3N4O.Ir/c2*1-18-10-19(15-5-3-2-4-14(15)18)9-11-6-7-12(16)8-13(11)17;5*9-7(10,11)8(16)13-6(14-15-8)5-3-1-2-4-12-5;/h2*2-8,10H,9H2,1H3;5*1-4H;/q2*+1;5*-1;+3. The van der Waals surface area contributed by atoms with Gasteiger partial charge in [-0.3, -0.25) is 24.9 Å². The molecule has 7 aromatic heterocycles. The zero-order valence-electron chi connectivity index (χ0n) is 59.5. The molecule has 16 rings (SSSR count). The predicted octanol–water partition coefficient (Wildman–Crippen LogP) is 9.93. The number of hydrogen-bond donors (Lipinski definition) is 0. The number of fused-ring (bicyclic) bond motifs is 2. The molecule has 119 heavy (non-hydrogen) atoms. The molecule has 0 N–H and O–H groups in total. The second kappa shape index (κ2) is 36.3. The van der Waals surface area contributed by atoms with Crippen molar-refractivity contribution in [3.05, 3.63) is 282 Å². The minimum atomic E-state index is -5.10. The number of halogens is 19. The van der Waals surface area contributed by atoms with Gasteiger partial charge in [-0.25, -0.2) is 60.8 Å². The molecule has 618 valence electrons. The summed E-state index contributed by atoms with van der Waals surface area (Å²) in [4.78, 5) is 33.1. The molecule has 11 aromatic rings. The van der Waals surface area contributed by atoms with Crippen molar-refractivity contribution >= 4 is 51.2 Å². The molecule has 4 aromatic carbocycles. The molecule has 5 aliphatic heterocycles. The van der Waals surface area contributed by atoms with Crippen LogP contribution in [0.5, 0.6) is 0 Å². The van der Waals surface area contributed by atoms with Gasteiger partial charge in [0.05, 0.1) is 14.1 Å². The van der Waals surface area contributed by atoms with Gasteiger partial charge in [0.15, 0.2) is 51.2 Å². The molecule has 5 aliphatic rings. The van der Waals surface area contributed by atoms with E-state index in [1.807, 2.05) is 93.5 Å². The number of pyridine rings is 5.